The summed E-state index contributed by atoms with van der Waals surface area (Å²) in [5, 5.41) is 19.2. The number of thioether (sulfide) groups is 1. The number of aromatic hydroxyl groups is 1. The molecule has 3 rings (SSSR count). The van der Waals surface area contributed by atoms with Crippen LogP contribution in [0.3, 0.4) is 0 Å². The molecule has 0 amide bonds. The Labute approximate surface area is 139 Å². The molecule has 2 aromatic heterocycles. The molecule has 2 N–H and O–H groups in total. The van der Waals surface area contributed by atoms with E-state index in [2.05, 4.69) is 4.98 Å². The first kappa shape index (κ1) is 15.3. The lowest BCUT2D eigenvalue weighted by Crippen LogP contribution is -2.03. The molecular formula is C16H10N2O3S2. The second kappa shape index (κ2) is 6.28. The number of benzene rings is 1. The minimum absolute atomic E-state index is 0.0466. The van der Waals surface area contributed by atoms with Crippen molar-refractivity contribution in [2.24, 2.45) is 0 Å². The number of hydrogen-bond donors (Lipinski definition) is 2. The Kier molecular flexibility index (Phi) is 4.19. The maximum Gasteiger partial charge on any atom is 0.252 e. The van der Waals surface area contributed by atoms with E-state index in [-0.39, 0.29) is 22.8 Å². The van der Waals surface area contributed by atoms with E-state index in [9.17, 15) is 20.0 Å². The Morgan fingerprint density at radius 2 is 2.09 bits per heavy atom. The monoisotopic (exact) mass is 342 g/mol. The van der Waals surface area contributed by atoms with Crippen LogP contribution in [0.1, 0.15) is 15.9 Å². The van der Waals surface area contributed by atoms with Crippen molar-refractivity contribution in [2.45, 2.75) is 4.21 Å². The number of ketones is 1. The van der Waals surface area contributed by atoms with Gasteiger partial charge in [0.05, 0.1) is 20.2 Å². The summed E-state index contributed by atoms with van der Waals surface area (Å²) in [6, 6.07) is 12.0. The molecule has 0 bridgehead atoms. The van der Waals surface area contributed by atoms with Gasteiger partial charge in [-0.2, -0.15) is 5.26 Å². The first-order valence-electron chi connectivity index (χ1n) is 6.60. The van der Waals surface area contributed by atoms with Gasteiger partial charge >= 0.3 is 0 Å². The summed E-state index contributed by atoms with van der Waals surface area (Å²) in [5.74, 6) is -0.0302. The SMILES string of the molecule is N#Cc1c(SCC(=O)c2ccccc2)sc2c(O)cc(=O)[nH]c12. The van der Waals surface area contributed by atoms with Crippen LogP contribution in [0.25, 0.3) is 10.2 Å². The number of nitriles is 1. The number of aromatic nitrogens is 1. The van der Waals surface area contributed by atoms with Gasteiger partial charge in [0.25, 0.3) is 5.56 Å². The van der Waals surface area contributed by atoms with Crippen LogP contribution in [0.5, 0.6) is 5.75 Å². The maximum absolute atomic E-state index is 12.1. The van der Waals surface area contributed by atoms with E-state index < -0.39 is 5.56 Å². The zero-order chi connectivity index (χ0) is 16.4. The highest BCUT2D eigenvalue weighted by atomic mass is 32.2. The molecule has 0 fully saturated rings. The van der Waals surface area contributed by atoms with E-state index in [0.29, 0.717) is 20.0 Å². The third-order valence-corrected chi connectivity index (χ3v) is 5.65. The summed E-state index contributed by atoms with van der Waals surface area (Å²) in [6.07, 6.45) is 0. The highest BCUT2D eigenvalue weighted by molar-refractivity contribution is 8.02. The third kappa shape index (κ3) is 2.99. The van der Waals surface area contributed by atoms with E-state index >= 15 is 0 Å². The van der Waals surface area contributed by atoms with Gasteiger partial charge in [0.15, 0.2) is 5.78 Å². The van der Waals surface area contributed by atoms with Crippen LogP contribution in [-0.4, -0.2) is 21.6 Å². The quantitative estimate of drug-likeness (QED) is 0.561. The van der Waals surface area contributed by atoms with Crippen LogP contribution >= 0.6 is 23.1 Å². The number of hydrogen-bond acceptors (Lipinski definition) is 6. The molecule has 0 saturated carbocycles. The second-order valence-corrected chi connectivity index (χ2v) is 6.94. The van der Waals surface area contributed by atoms with Gasteiger partial charge in [0, 0.05) is 11.6 Å². The highest BCUT2D eigenvalue weighted by Gasteiger charge is 2.17. The average molecular weight is 342 g/mol. The van der Waals surface area contributed by atoms with E-state index in [1.54, 1.807) is 24.3 Å². The number of Topliss-reactive ketones (excluding diaryl/α,β-unsaturated/α-hetero) is 1. The Morgan fingerprint density at radius 3 is 2.78 bits per heavy atom. The Bertz CT molecular complexity index is 984. The van der Waals surface area contributed by atoms with Gasteiger partial charge in [-0.15, -0.1) is 23.1 Å². The van der Waals surface area contributed by atoms with E-state index in [4.69, 9.17) is 0 Å². The molecule has 0 atom stereocenters. The summed E-state index contributed by atoms with van der Waals surface area (Å²) >= 11 is 2.42. The summed E-state index contributed by atoms with van der Waals surface area (Å²) in [4.78, 5) is 26.2. The van der Waals surface area contributed by atoms with Gasteiger partial charge < -0.3 is 10.1 Å². The van der Waals surface area contributed by atoms with Gasteiger partial charge in [0.1, 0.15) is 17.4 Å². The molecule has 23 heavy (non-hydrogen) atoms. The largest absolute Gasteiger partial charge is 0.506 e. The summed E-state index contributed by atoms with van der Waals surface area (Å²) < 4.78 is 1.04. The fourth-order valence-electron chi connectivity index (χ4n) is 2.10. The van der Waals surface area contributed by atoms with Crippen LogP contribution in [0.15, 0.2) is 45.4 Å². The Morgan fingerprint density at radius 1 is 1.35 bits per heavy atom. The molecule has 0 aliphatic rings. The number of rotatable bonds is 4. The number of nitrogens with one attached hydrogen (secondary N) is 1. The van der Waals surface area contributed by atoms with E-state index in [1.165, 1.54) is 23.1 Å². The molecule has 1 aromatic carbocycles. The average Bonchev–Trinajstić information content (AvgIpc) is 2.91. The molecular weight excluding hydrogens is 332 g/mol. The van der Waals surface area contributed by atoms with Gasteiger partial charge in [0.2, 0.25) is 0 Å². The van der Waals surface area contributed by atoms with Crippen molar-refractivity contribution in [1.29, 1.82) is 5.26 Å². The van der Waals surface area contributed by atoms with Gasteiger partial charge in [-0.05, 0) is 0 Å². The van der Waals surface area contributed by atoms with Crippen LogP contribution < -0.4 is 5.56 Å². The molecule has 5 nitrogen and oxygen atoms in total. The number of carbonyl (C=O) groups excluding carboxylic acids is 1. The number of thiophene rings is 1. The fraction of sp³-hybridized carbons (Fsp3) is 0.0625. The summed E-state index contributed by atoms with van der Waals surface area (Å²) in [7, 11) is 0. The highest BCUT2D eigenvalue weighted by Crippen LogP contribution is 2.39. The molecule has 7 heteroatoms. The van der Waals surface area contributed by atoms with Crippen molar-refractivity contribution in [3.8, 4) is 11.8 Å². The van der Waals surface area contributed by atoms with Crippen molar-refractivity contribution in [2.75, 3.05) is 5.75 Å². The Balaban J connectivity index is 1.92. The molecule has 0 saturated heterocycles. The van der Waals surface area contributed by atoms with Crippen LogP contribution in [0, 0.1) is 11.3 Å². The second-order valence-electron chi connectivity index (χ2n) is 4.68. The number of aromatic amines is 1. The van der Waals surface area contributed by atoms with Crippen molar-refractivity contribution >= 4 is 39.1 Å². The molecule has 0 radical (unpaired) electrons. The number of H-pyrrole nitrogens is 1. The lowest BCUT2D eigenvalue weighted by Gasteiger charge is -1.99. The van der Waals surface area contributed by atoms with E-state index in [0.717, 1.165) is 6.07 Å². The molecule has 114 valence electrons. The smallest absolute Gasteiger partial charge is 0.252 e. The lowest BCUT2D eigenvalue weighted by molar-refractivity contribution is 0.102. The normalized spacial score (nSPS) is 10.6. The lowest BCUT2D eigenvalue weighted by atomic mass is 10.2. The van der Waals surface area contributed by atoms with Crippen molar-refractivity contribution in [1.82, 2.24) is 4.98 Å². The van der Waals surface area contributed by atoms with Crippen LogP contribution in [0.2, 0.25) is 0 Å². The molecule has 3 aromatic rings. The molecule has 2 heterocycles. The Hall–Kier alpha value is -2.56. The standard InChI is InChI=1S/C16H10N2O3S2/c17-7-10-14-15(11(19)6-13(21)18-14)23-16(10)22-8-12(20)9-4-2-1-3-5-9/h1-6H,8H2,(H2,18,19,21). The third-order valence-electron chi connectivity index (χ3n) is 3.17. The topological polar surface area (TPSA) is 93.9 Å². The fourth-order valence-corrected chi connectivity index (χ4v) is 4.34. The number of fused-ring (bicyclic) bond motifs is 1. The van der Waals surface area contributed by atoms with Gasteiger partial charge in [-0.3, -0.25) is 9.59 Å². The zero-order valence-electron chi connectivity index (χ0n) is 11.7. The van der Waals surface area contributed by atoms with Crippen LogP contribution in [0.4, 0.5) is 0 Å². The first-order chi connectivity index (χ1) is 11.1. The number of carbonyl (C=O) groups is 1. The van der Waals surface area contributed by atoms with E-state index in [1.807, 2.05) is 12.1 Å². The maximum atomic E-state index is 12.1. The predicted molar refractivity (Wildman–Crippen MR) is 90.3 cm³/mol. The number of nitrogens with zero attached hydrogens (tertiary/aromatic N) is 1. The molecule has 0 unspecified atom stereocenters. The first-order valence-corrected chi connectivity index (χ1v) is 8.40. The van der Waals surface area contributed by atoms with Crippen molar-refractivity contribution in [3.63, 3.8) is 0 Å². The van der Waals surface area contributed by atoms with Gasteiger partial charge in [-0.25, -0.2) is 0 Å². The van der Waals surface area contributed by atoms with Gasteiger partial charge in [-0.1, -0.05) is 30.3 Å². The summed E-state index contributed by atoms with van der Waals surface area (Å²) in [6.45, 7) is 0. The minimum atomic E-state index is -0.471. The predicted octanol–water partition coefficient (Wildman–Crippen LogP) is 3.14. The zero-order valence-corrected chi connectivity index (χ0v) is 13.3. The summed E-state index contributed by atoms with van der Waals surface area (Å²) in [5.41, 5.74) is 0.734. The van der Waals surface area contributed by atoms with Crippen LogP contribution in [-0.2, 0) is 0 Å². The molecule has 0 aliphatic carbocycles. The van der Waals surface area contributed by atoms with Crippen molar-refractivity contribution in [3.05, 3.63) is 57.9 Å². The van der Waals surface area contributed by atoms with Crippen molar-refractivity contribution < 1.29 is 9.90 Å². The molecule has 0 spiro atoms. The molecule has 0 aliphatic heterocycles. The minimum Gasteiger partial charge on any atom is -0.506 e. The number of pyridine rings is 1.